The Morgan fingerprint density at radius 1 is 1.04 bits per heavy atom. The Balaban J connectivity index is 1.58. The van der Waals surface area contributed by atoms with Crippen LogP contribution in [0.25, 0.3) is 0 Å². The second kappa shape index (κ2) is 8.25. The zero-order chi connectivity index (χ0) is 18.7. The Morgan fingerprint density at radius 2 is 1.73 bits per heavy atom. The van der Waals surface area contributed by atoms with Crippen LogP contribution in [-0.2, 0) is 12.7 Å². The van der Waals surface area contributed by atoms with E-state index in [0.29, 0.717) is 18.0 Å². The summed E-state index contributed by atoms with van der Waals surface area (Å²) in [5.74, 6) is 0.564. The molecule has 0 amide bonds. The number of aliphatic hydroxyl groups is 1. The van der Waals surface area contributed by atoms with Gasteiger partial charge in [0.05, 0.1) is 5.56 Å². The minimum atomic E-state index is -4.31. The topological polar surface area (TPSA) is 30.0 Å². The van der Waals surface area contributed by atoms with E-state index in [1.807, 2.05) is 0 Å². The number of likely N-dealkylation sites (tertiary alicyclic amines) is 1. The van der Waals surface area contributed by atoms with E-state index >= 15 is 0 Å². The molecule has 0 saturated carbocycles. The van der Waals surface area contributed by atoms with Crippen LogP contribution in [0.3, 0.4) is 0 Å². The van der Waals surface area contributed by atoms with Crippen LogP contribution in [0.5, 0.6) is 0 Å². The summed E-state index contributed by atoms with van der Waals surface area (Å²) < 4.78 is 38.7. The van der Waals surface area contributed by atoms with E-state index in [9.17, 15) is 18.3 Å². The maximum Gasteiger partial charge on any atom is 0.416 e. The molecule has 0 aliphatic carbocycles. The lowest BCUT2D eigenvalue weighted by Crippen LogP contribution is -2.47. The molecule has 1 aromatic carbocycles. The summed E-state index contributed by atoms with van der Waals surface area (Å²) in [5, 5.41) is 9.74. The number of hydrogen-bond donors (Lipinski definition) is 1. The van der Waals surface area contributed by atoms with Crippen molar-refractivity contribution in [1.29, 1.82) is 0 Å². The van der Waals surface area contributed by atoms with Crippen molar-refractivity contribution in [3.63, 3.8) is 0 Å². The van der Waals surface area contributed by atoms with Crippen molar-refractivity contribution in [1.82, 2.24) is 14.7 Å². The van der Waals surface area contributed by atoms with Crippen molar-refractivity contribution < 1.29 is 18.3 Å². The standard InChI is InChI=1S/C19H28F3N3O/c1-23-5-7-24(8-6-23)11-16-12-25(13-17(16)14-26)10-15-3-2-4-18(9-15)19(20,21)22/h2-4,9,16-17,26H,5-8,10-14H2,1H3/t16-,17-/m1/s1. The summed E-state index contributed by atoms with van der Waals surface area (Å²) in [7, 11) is 2.13. The summed E-state index contributed by atoms with van der Waals surface area (Å²) in [6.45, 7) is 7.36. The Morgan fingerprint density at radius 3 is 2.38 bits per heavy atom. The number of nitrogens with zero attached hydrogens (tertiary/aromatic N) is 3. The summed E-state index contributed by atoms with van der Waals surface area (Å²) in [4.78, 5) is 6.94. The predicted octanol–water partition coefficient (Wildman–Crippen LogP) is 1.99. The molecule has 26 heavy (non-hydrogen) atoms. The smallest absolute Gasteiger partial charge is 0.396 e. The molecule has 2 aliphatic rings. The van der Waals surface area contributed by atoms with Gasteiger partial charge in [-0.2, -0.15) is 13.2 Å². The number of hydrogen-bond acceptors (Lipinski definition) is 4. The van der Waals surface area contributed by atoms with Gasteiger partial charge < -0.3 is 14.9 Å². The molecule has 0 aromatic heterocycles. The molecule has 2 aliphatic heterocycles. The average Bonchev–Trinajstić information content (AvgIpc) is 2.98. The van der Waals surface area contributed by atoms with Gasteiger partial charge >= 0.3 is 6.18 Å². The van der Waals surface area contributed by atoms with Gasteiger partial charge in [-0.15, -0.1) is 0 Å². The van der Waals surface area contributed by atoms with Crippen molar-refractivity contribution in [2.45, 2.75) is 12.7 Å². The first kappa shape index (κ1) is 19.6. The molecule has 2 atom stereocenters. The lowest BCUT2D eigenvalue weighted by atomic mass is 9.96. The fourth-order valence-corrected chi connectivity index (χ4v) is 4.04. The van der Waals surface area contributed by atoms with Crippen molar-refractivity contribution >= 4 is 0 Å². The molecule has 146 valence electrons. The molecule has 1 N–H and O–H groups in total. The van der Waals surface area contributed by atoms with E-state index in [1.165, 1.54) is 12.1 Å². The third kappa shape index (κ3) is 4.97. The number of benzene rings is 1. The van der Waals surface area contributed by atoms with Gasteiger partial charge in [-0.05, 0) is 30.5 Å². The summed E-state index contributed by atoms with van der Waals surface area (Å²) in [6, 6.07) is 5.57. The molecule has 0 bridgehead atoms. The molecule has 0 radical (unpaired) electrons. The molecule has 2 fully saturated rings. The van der Waals surface area contributed by atoms with Crippen LogP contribution in [0.15, 0.2) is 24.3 Å². The second-order valence-corrected chi connectivity index (χ2v) is 7.70. The van der Waals surface area contributed by atoms with E-state index in [2.05, 4.69) is 21.7 Å². The van der Waals surface area contributed by atoms with E-state index < -0.39 is 11.7 Å². The number of rotatable bonds is 5. The average molecular weight is 371 g/mol. The fourth-order valence-electron chi connectivity index (χ4n) is 4.04. The van der Waals surface area contributed by atoms with E-state index in [1.54, 1.807) is 6.07 Å². The quantitative estimate of drug-likeness (QED) is 0.858. The Kier molecular flexibility index (Phi) is 6.22. The monoisotopic (exact) mass is 371 g/mol. The Labute approximate surface area is 153 Å². The van der Waals surface area contributed by atoms with Gasteiger partial charge in [0.1, 0.15) is 0 Å². The fraction of sp³-hybridized carbons (Fsp3) is 0.684. The van der Waals surface area contributed by atoms with Gasteiger partial charge in [-0.3, -0.25) is 4.90 Å². The van der Waals surface area contributed by atoms with Crippen LogP contribution in [0.2, 0.25) is 0 Å². The summed E-state index contributed by atoms with van der Waals surface area (Å²) >= 11 is 0. The zero-order valence-corrected chi connectivity index (χ0v) is 15.3. The summed E-state index contributed by atoms with van der Waals surface area (Å²) in [6.07, 6.45) is -4.31. The molecule has 0 unspecified atom stereocenters. The highest BCUT2D eigenvalue weighted by molar-refractivity contribution is 5.25. The van der Waals surface area contributed by atoms with Crippen LogP contribution in [0.4, 0.5) is 13.2 Å². The molecule has 4 nitrogen and oxygen atoms in total. The number of halogens is 3. The molecular formula is C19H28F3N3O. The third-order valence-corrected chi connectivity index (χ3v) is 5.64. The van der Waals surface area contributed by atoms with Crippen molar-refractivity contribution in [3.8, 4) is 0 Å². The Hall–Kier alpha value is -1.15. The van der Waals surface area contributed by atoms with E-state index in [-0.39, 0.29) is 12.5 Å². The van der Waals surface area contributed by atoms with Gasteiger partial charge in [0.15, 0.2) is 0 Å². The van der Waals surface area contributed by atoms with Crippen LogP contribution in [-0.4, -0.2) is 79.3 Å². The van der Waals surface area contributed by atoms with Crippen molar-refractivity contribution in [2.24, 2.45) is 11.8 Å². The molecule has 0 spiro atoms. The number of alkyl halides is 3. The molecule has 2 heterocycles. The van der Waals surface area contributed by atoms with Gasteiger partial charge in [-0.25, -0.2) is 0 Å². The minimum absolute atomic E-state index is 0.136. The van der Waals surface area contributed by atoms with Crippen molar-refractivity contribution in [2.75, 3.05) is 59.5 Å². The van der Waals surface area contributed by atoms with Crippen LogP contribution >= 0.6 is 0 Å². The predicted molar refractivity (Wildman–Crippen MR) is 94.7 cm³/mol. The van der Waals surface area contributed by atoms with Crippen LogP contribution < -0.4 is 0 Å². The first-order valence-electron chi connectivity index (χ1n) is 9.25. The summed E-state index contributed by atoms with van der Waals surface area (Å²) in [5.41, 5.74) is 0.0821. The highest BCUT2D eigenvalue weighted by atomic mass is 19.4. The van der Waals surface area contributed by atoms with Gasteiger partial charge in [0, 0.05) is 59.0 Å². The second-order valence-electron chi connectivity index (χ2n) is 7.70. The largest absolute Gasteiger partial charge is 0.416 e. The highest BCUT2D eigenvalue weighted by Gasteiger charge is 2.34. The SMILES string of the molecule is CN1CCN(C[C@@H]2CN(Cc3cccc(C(F)(F)F)c3)C[C@@H]2CO)CC1. The molecule has 1 aromatic rings. The minimum Gasteiger partial charge on any atom is -0.396 e. The number of likely N-dealkylation sites (N-methyl/N-ethyl adjacent to an activating group) is 1. The zero-order valence-electron chi connectivity index (χ0n) is 15.3. The number of aliphatic hydroxyl groups excluding tert-OH is 1. The first-order valence-corrected chi connectivity index (χ1v) is 9.25. The lowest BCUT2D eigenvalue weighted by molar-refractivity contribution is -0.137. The number of piperazine rings is 1. The molecule has 2 saturated heterocycles. The van der Waals surface area contributed by atoms with Gasteiger partial charge in [0.2, 0.25) is 0 Å². The van der Waals surface area contributed by atoms with Crippen LogP contribution in [0, 0.1) is 11.8 Å². The normalized spacial score (nSPS) is 26.5. The first-order chi connectivity index (χ1) is 12.3. The molecule has 3 rings (SSSR count). The van der Waals surface area contributed by atoms with E-state index in [0.717, 1.165) is 51.9 Å². The lowest BCUT2D eigenvalue weighted by Gasteiger charge is -2.34. The van der Waals surface area contributed by atoms with Gasteiger partial charge in [-0.1, -0.05) is 18.2 Å². The molecular weight excluding hydrogens is 343 g/mol. The highest BCUT2D eigenvalue weighted by Crippen LogP contribution is 2.31. The molecule has 7 heteroatoms. The Bertz CT molecular complexity index is 588. The van der Waals surface area contributed by atoms with Crippen LogP contribution in [0.1, 0.15) is 11.1 Å². The maximum atomic E-state index is 12.9. The maximum absolute atomic E-state index is 12.9. The van der Waals surface area contributed by atoms with E-state index in [4.69, 9.17) is 0 Å². The van der Waals surface area contributed by atoms with Gasteiger partial charge in [0.25, 0.3) is 0 Å². The third-order valence-electron chi connectivity index (χ3n) is 5.64. The van der Waals surface area contributed by atoms with Crippen molar-refractivity contribution in [3.05, 3.63) is 35.4 Å².